The Morgan fingerprint density at radius 2 is 1.84 bits per heavy atom. The summed E-state index contributed by atoms with van der Waals surface area (Å²) in [5.41, 5.74) is 0.627. The molecule has 0 aromatic heterocycles. The van der Waals surface area contributed by atoms with Gasteiger partial charge in [0, 0.05) is 16.6 Å². The third kappa shape index (κ3) is 4.81. The molecule has 1 N–H and O–H groups in total. The normalized spacial score (nSPS) is 11.4. The molecule has 0 saturated heterocycles. The van der Waals surface area contributed by atoms with E-state index in [1.807, 2.05) is 0 Å². The summed E-state index contributed by atoms with van der Waals surface area (Å²) in [5.74, 6) is 1.54. The van der Waals surface area contributed by atoms with Crippen LogP contribution in [0.4, 0.5) is 0 Å². The summed E-state index contributed by atoms with van der Waals surface area (Å²) in [6, 6.07) is 5.21. The van der Waals surface area contributed by atoms with E-state index in [2.05, 4.69) is 48.9 Å². The van der Waals surface area contributed by atoms with Gasteiger partial charge in [-0.1, -0.05) is 39.3 Å². The first kappa shape index (κ1) is 16.5. The van der Waals surface area contributed by atoms with Gasteiger partial charge in [-0.3, -0.25) is 4.79 Å². The second-order valence-corrected chi connectivity index (χ2v) is 6.75. The highest BCUT2D eigenvalue weighted by atomic mass is 79.9. The quantitative estimate of drug-likeness (QED) is 0.818. The largest absolute Gasteiger partial charge is 0.352 e. The molecule has 1 aromatic rings. The maximum atomic E-state index is 12.1. The van der Waals surface area contributed by atoms with Crippen molar-refractivity contribution in [2.24, 2.45) is 17.8 Å². The van der Waals surface area contributed by atoms with Crippen molar-refractivity contribution in [2.45, 2.75) is 27.7 Å². The Morgan fingerprint density at radius 3 is 2.32 bits per heavy atom. The van der Waals surface area contributed by atoms with E-state index < -0.39 is 0 Å². The third-order valence-corrected chi connectivity index (χ3v) is 4.61. The predicted molar refractivity (Wildman–Crippen MR) is 84.7 cm³/mol. The van der Waals surface area contributed by atoms with Crippen LogP contribution in [-0.2, 0) is 0 Å². The molecule has 0 fully saturated rings. The Labute approximate surface area is 129 Å². The van der Waals surface area contributed by atoms with Gasteiger partial charge in [0.1, 0.15) is 0 Å². The highest BCUT2D eigenvalue weighted by molar-refractivity contribution is 9.10. The smallest absolute Gasteiger partial charge is 0.251 e. The van der Waals surface area contributed by atoms with E-state index in [4.69, 9.17) is 11.6 Å². The molecular weight excluding hydrogens is 326 g/mol. The molecular formula is C15H21BrClNO. The van der Waals surface area contributed by atoms with E-state index in [0.29, 0.717) is 34.9 Å². The number of carbonyl (C=O) groups is 1. The molecule has 0 saturated carbocycles. The van der Waals surface area contributed by atoms with Crippen LogP contribution in [0.3, 0.4) is 0 Å². The molecule has 2 nitrogen and oxygen atoms in total. The molecule has 0 heterocycles. The topological polar surface area (TPSA) is 29.1 Å². The molecule has 0 bridgehead atoms. The molecule has 0 atom stereocenters. The van der Waals surface area contributed by atoms with Crippen LogP contribution < -0.4 is 5.32 Å². The van der Waals surface area contributed by atoms with Gasteiger partial charge in [-0.2, -0.15) is 0 Å². The van der Waals surface area contributed by atoms with E-state index in [-0.39, 0.29) is 5.91 Å². The Kier molecular flexibility index (Phi) is 6.34. The number of hydrogen-bond donors (Lipinski definition) is 1. The molecule has 19 heavy (non-hydrogen) atoms. The van der Waals surface area contributed by atoms with Crippen LogP contribution in [0.15, 0.2) is 22.7 Å². The number of carbonyl (C=O) groups excluding carboxylic acids is 1. The first-order chi connectivity index (χ1) is 8.82. The lowest BCUT2D eigenvalue weighted by molar-refractivity contribution is 0.0937. The highest BCUT2D eigenvalue weighted by Crippen LogP contribution is 2.23. The van der Waals surface area contributed by atoms with E-state index in [9.17, 15) is 4.79 Å². The number of benzene rings is 1. The Balaban J connectivity index is 2.66. The minimum Gasteiger partial charge on any atom is -0.352 e. The Morgan fingerprint density at radius 1 is 1.26 bits per heavy atom. The summed E-state index contributed by atoms with van der Waals surface area (Å²) in [6.07, 6.45) is 0. The lowest BCUT2D eigenvalue weighted by atomic mass is 9.85. The van der Waals surface area contributed by atoms with Gasteiger partial charge in [-0.25, -0.2) is 0 Å². The Bertz CT molecular complexity index is 438. The van der Waals surface area contributed by atoms with Crippen molar-refractivity contribution in [1.29, 1.82) is 0 Å². The van der Waals surface area contributed by atoms with Crippen LogP contribution in [0.2, 0.25) is 5.02 Å². The van der Waals surface area contributed by atoms with Crippen LogP contribution in [0.25, 0.3) is 0 Å². The third-order valence-electron chi connectivity index (χ3n) is 3.39. The molecule has 4 heteroatoms. The molecule has 0 radical (unpaired) electrons. The van der Waals surface area contributed by atoms with Gasteiger partial charge in [-0.15, -0.1) is 0 Å². The molecule has 1 amide bonds. The van der Waals surface area contributed by atoms with E-state index in [1.54, 1.807) is 18.2 Å². The minimum atomic E-state index is -0.0522. The number of nitrogens with one attached hydrogen (secondary N) is 1. The summed E-state index contributed by atoms with van der Waals surface area (Å²) in [7, 11) is 0. The van der Waals surface area contributed by atoms with Crippen molar-refractivity contribution in [3.8, 4) is 0 Å². The van der Waals surface area contributed by atoms with E-state index >= 15 is 0 Å². The molecule has 106 valence electrons. The van der Waals surface area contributed by atoms with Crippen molar-refractivity contribution in [3.05, 3.63) is 33.3 Å². The molecule has 1 aromatic carbocycles. The zero-order valence-electron chi connectivity index (χ0n) is 11.8. The fourth-order valence-electron chi connectivity index (χ4n) is 2.19. The van der Waals surface area contributed by atoms with Crippen LogP contribution >= 0.6 is 27.5 Å². The van der Waals surface area contributed by atoms with Gasteiger partial charge >= 0.3 is 0 Å². The number of amides is 1. The molecule has 0 aliphatic carbocycles. The summed E-state index contributed by atoms with van der Waals surface area (Å²) in [4.78, 5) is 12.1. The Hall–Kier alpha value is -0.540. The minimum absolute atomic E-state index is 0.0522. The summed E-state index contributed by atoms with van der Waals surface area (Å²) >= 11 is 9.25. The summed E-state index contributed by atoms with van der Waals surface area (Å²) in [5, 5.41) is 3.62. The van der Waals surface area contributed by atoms with Crippen LogP contribution in [0.1, 0.15) is 38.1 Å². The molecule has 0 aliphatic heterocycles. The second-order valence-electron chi connectivity index (χ2n) is 5.49. The zero-order valence-corrected chi connectivity index (χ0v) is 14.2. The number of halogens is 2. The standard InChI is InChI=1S/C15H21BrClNO/c1-9(2)12(10(3)4)8-18-15(19)11-5-6-14(17)13(16)7-11/h5-7,9-10,12H,8H2,1-4H3,(H,18,19). The van der Waals surface area contributed by atoms with Crippen molar-refractivity contribution in [1.82, 2.24) is 5.32 Å². The van der Waals surface area contributed by atoms with Gasteiger partial charge in [0.15, 0.2) is 0 Å². The van der Waals surface area contributed by atoms with E-state index in [1.165, 1.54) is 0 Å². The summed E-state index contributed by atoms with van der Waals surface area (Å²) in [6.45, 7) is 9.46. The molecule has 0 aliphatic rings. The predicted octanol–water partition coefficient (Wildman–Crippen LogP) is 4.76. The van der Waals surface area contributed by atoms with Gasteiger partial charge in [0.05, 0.1) is 5.02 Å². The molecule has 0 spiro atoms. The van der Waals surface area contributed by atoms with Gasteiger partial charge in [0.25, 0.3) is 5.91 Å². The first-order valence-electron chi connectivity index (χ1n) is 6.56. The highest BCUT2D eigenvalue weighted by Gasteiger charge is 2.18. The number of hydrogen-bond acceptors (Lipinski definition) is 1. The van der Waals surface area contributed by atoms with Crippen molar-refractivity contribution in [2.75, 3.05) is 6.54 Å². The van der Waals surface area contributed by atoms with Gasteiger partial charge < -0.3 is 5.32 Å². The molecule has 1 rings (SSSR count). The maximum Gasteiger partial charge on any atom is 0.251 e. The average Bonchev–Trinajstić information content (AvgIpc) is 2.31. The number of rotatable bonds is 5. The van der Waals surface area contributed by atoms with Crippen LogP contribution in [0.5, 0.6) is 0 Å². The van der Waals surface area contributed by atoms with Crippen molar-refractivity contribution in [3.63, 3.8) is 0 Å². The second kappa shape index (κ2) is 7.30. The molecule has 0 unspecified atom stereocenters. The first-order valence-corrected chi connectivity index (χ1v) is 7.73. The monoisotopic (exact) mass is 345 g/mol. The van der Waals surface area contributed by atoms with Crippen molar-refractivity contribution < 1.29 is 4.79 Å². The lowest BCUT2D eigenvalue weighted by Gasteiger charge is -2.25. The van der Waals surface area contributed by atoms with Crippen molar-refractivity contribution >= 4 is 33.4 Å². The van der Waals surface area contributed by atoms with Crippen LogP contribution in [0, 0.1) is 17.8 Å². The fourth-order valence-corrected chi connectivity index (χ4v) is 2.69. The van der Waals surface area contributed by atoms with E-state index in [0.717, 1.165) is 4.47 Å². The lowest BCUT2D eigenvalue weighted by Crippen LogP contribution is -2.33. The SMILES string of the molecule is CC(C)C(CNC(=O)c1ccc(Cl)c(Br)c1)C(C)C. The van der Waals surface area contributed by atoms with Gasteiger partial charge in [0.2, 0.25) is 0 Å². The van der Waals surface area contributed by atoms with Gasteiger partial charge in [-0.05, 0) is 51.9 Å². The maximum absolute atomic E-state index is 12.1. The average molecular weight is 347 g/mol. The zero-order chi connectivity index (χ0) is 14.6. The fraction of sp³-hybridized carbons (Fsp3) is 0.533. The van der Waals surface area contributed by atoms with Crippen LogP contribution in [-0.4, -0.2) is 12.5 Å². The summed E-state index contributed by atoms with van der Waals surface area (Å²) < 4.78 is 0.742.